The molecule has 610 valence electrons. The van der Waals surface area contributed by atoms with Crippen LogP contribution in [-0.2, 0) is 59.8 Å². The van der Waals surface area contributed by atoms with E-state index >= 15 is 38.4 Å². The van der Waals surface area contributed by atoms with Gasteiger partial charge in [0.2, 0.25) is 0 Å². The molecule has 0 amide bonds. The number of rotatable bonds is 4. The molecule has 0 spiro atoms. The van der Waals surface area contributed by atoms with Gasteiger partial charge in [-0.25, -0.2) is 9.97 Å². The van der Waals surface area contributed by atoms with Crippen LogP contribution in [0.15, 0.2) is 208 Å². The molecule has 0 unspecified atom stereocenters. The molecule has 13 aromatic carbocycles. The molecule has 8 bridgehead atoms. The first-order valence-electron chi connectivity index (χ1n) is 41.6. The summed E-state index contributed by atoms with van der Waals surface area (Å²) in [5.74, 6) is 0. The van der Waals surface area contributed by atoms with Crippen LogP contribution in [0.25, 0.3) is 175 Å². The maximum atomic E-state index is 15.1. The van der Waals surface area contributed by atoms with Crippen molar-refractivity contribution in [3.05, 3.63) is 296 Å². The van der Waals surface area contributed by atoms with E-state index in [1.54, 1.807) is 48.5 Å². The smallest absolute Gasteiger partial charge is 0.656 e. The molecule has 0 N–H and O–H groups in total. The van der Waals surface area contributed by atoms with E-state index in [1.165, 1.54) is 48.5 Å². The van der Waals surface area contributed by atoms with E-state index < -0.39 is 86.8 Å². The monoisotopic (exact) mass is 1640 g/mol. The summed E-state index contributed by atoms with van der Waals surface area (Å²) in [5.41, 5.74) is 7.90. The third-order valence-corrected chi connectivity index (χ3v) is 24.9. The van der Waals surface area contributed by atoms with Crippen molar-refractivity contribution in [2.24, 2.45) is 0 Å². The summed E-state index contributed by atoms with van der Waals surface area (Å²) in [6.07, 6.45) is 0. The van der Waals surface area contributed by atoms with Crippen molar-refractivity contribution in [3.63, 3.8) is 0 Å². The van der Waals surface area contributed by atoms with Crippen LogP contribution in [0.2, 0.25) is 0 Å². The molecule has 4 aromatic heterocycles. The van der Waals surface area contributed by atoms with Crippen LogP contribution in [0.4, 0.5) is 0 Å². The molecule has 0 aliphatic carbocycles. The van der Waals surface area contributed by atoms with E-state index in [0.717, 1.165) is 44.5 Å². The zero-order chi connectivity index (χ0) is 86.3. The van der Waals surface area contributed by atoms with Gasteiger partial charge < -0.3 is 9.97 Å². The van der Waals surface area contributed by atoms with Gasteiger partial charge >= 0.3 is 16.5 Å². The molecule has 17 rings (SSSR count). The van der Waals surface area contributed by atoms with Crippen molar-refractivity contribution in [2.45, 2.75) is 209 Å². The first kappa shape index (κ1) is 82.9. The molecule has 12 nitrogen and oxygen atoms in total. The Morgan fingerprint density at radius 3 is 0.446 bits per heavy atom. The summed E-state index contributed by atoms with van der Waals surface area (Å²) in [6.45, 7) is 52.1. The largest absolute Gasteiger partial charge is 2.00 e. The number of fused-ring (bicyclic) bond motifs is 4. The standard InChI is InChI=1S/C108H102N4O8.Ni/c1-101(2,3)57-33-53(34-58(41-57)102(4,5)6)89-93-73-45-65-67(83(115)27-25-81(65)113)47-75(73)95(109-93)90(54-35-59(103(7,8)9)42-60(36-54)104(10,11)12)97-77-49-69-71(87(119)31-29-85(69)117)51-79(77)99(111-97)92(56-39-63(107(19,20)21)44-64(40-56)108(22,23)24)100-80-52-72-70(86(118)30-32-88(72)120)50-78(80)98(112-100)91(55-37-61(105(13,14)15)43-62(38-55)106(16,17)18)96-76-48-68-66(46-74(76)94(89)110-96)82(114)26-28-84(68)116;/h25-52H,1-24H3,(H2,109,110,111,112,113,114,115,116,117,118,119,120);/q;+2/p-2. The Morgan fingerprint density at radius 1 is 0.182 bits per heavy atom. The number of benzene rings is 12. The van der Waals surface area contributed by atoms with E-state index in [-0.39, 0.29) is 59.6 Å². The fourth-order valence-electron chi connectivity index (χ4n) is 17.5. The first-order chi connectivity index (χ1) is 55.8. The molecule has 0 atom stereocenters. The van der Waals surface area contributed by atoms with Gasteiger partial charge in [0.1, 0.15) is 0 Å². The van der Waals surface area contributed by atoms with Gasteiger partial charge in [-0.3, -0.25) is 38.4 Å². The summed E-state index contributed by atoms with van der Waals surface area (Å²) in [6, 6.07) is 51.2. The van der Waals surface area contributed by atoms with Gasteiger partial charge in [0.15, 0.2) is 43.4 Å². The summed E-state index contributed by atoms with van der Waals surface area (Å²) in [4.78, 5) is 146. The zero-order valence-corrected chi connectivity index (χ0v) is 74.5. The fraction of sp³-hybridized carbons (Fsp3) is 0.296. The molecule has 0 aliphatic heterocycles. The van der Waals surface area contributed by atoms with Gasteiger partial charge in [0, 0.05) is 64.6 Å². The van der Waals surface area contributed by atoms with E-state index in [0.29, 0.717) is 132 Å². The average molecular weight is 1640 g/mol. The molecular weight excluding hydrogens is 1540 g/mol. The van der Waals surface area contributed by atoms with Crippen molar-refractivity contribution in [1.29, 1.82) is 0 Å². The Balaban J connectivity index is 0.0000109. The summed E-state index contributed by atoms with van der Waals surface area (Å²) in [7, 11) is 0. The van der Waals surface area contributed by atoms with Crippen LogP contribution in [0.1, 0.15) is 211 Å². The van der Waals surface area contributed by atoms with Gasteiger partial charge in [-0.2, -0.15) is 0 Å². The number of aromatic nitrogens is 4. The first-order valence-corrected chi connectivity index (χ1v) is 41.6. The Hall–Kier alpha value is -11.8. The second-order valence-electron chi connectivity index (χ2n) is 42.0. The van der Waals surface area contributed by atoms with Crippen LogP contribution in [0, 0.1) is 0 Å². The number of hydrogen-bond acceptors (Lipinski definition) is 10. The minimum atomic E-state index is -0.497. The molecule has 13 heteroatoms. The fourth-order valence-corrected chi connectivity index (χ4v) is 17.5. The topological polar surface area (TPSA) is 191 Å². The molecule has 0 radical (unpaired) electrons. The van der Waals surface area contributed by atoms with Crippen LogP contribution < -0.4 is 53.4 Å². The van der Waals surface area contributed by atoms with Crippen LogP contribution in [0.3, 0.4) is 0 Å². The van der Waals surface area contributed by atoms with Crippen molar-refractivity contribution in [3.8, 4) is 44.5 Å². The second-order valence-corrected chi connectivity index (χ2v) is 42.0. The maximum Gasteiger partial charge on any atom is 2.00 e. The van der Waals surface area contributed by atoms with Crippen molar-refractivity contribution in [2.75, 3.05) is 0 Å². The maximum absolute atomic E-state index is 15.1. The quantitative estimate of drug-likeness (QED) is 0.152. The molecule has 17 aromatic rings. The Kier molecular flexibility index (Phi) is 18.9. The Morgan fingerprint density at radius 2 is 0.314 bits per heavy atom. The predicted octanol–water partition coefficient (Wildman–Crippen LogP) is 23.0. The summed E-state index contributed by atoms with van der Waals surface area (Å²) in [5, 5.41) is 4.91. The van der Waals surface area contributed by atoms with Gasteiger partial charge in [0.25, 0.3) is 0 Å². The van der Waals surface area contributed by atoms with E-state index in [4.69, 9.17) is 19.9 Å². The van der Waals surface area contributed by atoms with Crippen LogP contribution >= 0.6 is 0 Å². The number of nitrogens with zero attached hydrogens (tertiary/aromatic N) is 4. The van der Waals surface area contributed by atoms with Crippen molar-refractivity contribution < 1.29 is 16.5 Å². The van der Waals surface area contributed by atoms with E-state index in [2.05, 4.69) is 239 Å². The van der Waals surface area contributed by atoms with Gasteiger partial charge in [-0.05, 0) is 251 Å². The normalized spacial score (nSPS) is 13.2. The third kappa shape index (κ3) is 13.9. The second kappa shape index (κ2) is 27.6. The SMILES string of the molecule is CC(C)(C)c1cc(-c2c3nc(c(-c4cc(C(C)(C)C)cc(C(C)(C)C)c4)c4[n-]c(c(-c5cc(C(C)(C)C)cc(C(C)(C)C)c5)c5nc(c(-c6cc(C(C)(C)C)cc(C(C)(C)C)c6)c6[n-]c2c2cc7c(=O)ccc(=O)c7cc62)c2cc6c(=O)ccc(=O)c6cc52)c2cc5c(=O)ccc(=O)c5cc42)c2cc4c(=O)ccc(=O)c4cc32)cc(C(C)(C)C)c1.[Ni+2]. The predicted molar refractivity (Wildman–Crippen MR) is 503 cm³/mol. The van der Waals surface area contributed by atoms with Gasteiger partial charge in [0.05, 0.1) is 22.1 Å². The average Bonchev–Trinajstić information content (AvgIpc) is 1.54. The van der Waals surface area contributed by atoms with Crippen molar-refractivity contribution in [1.82, 2.24) is 19.9 Å². The molecule has 121 heavy (non-hydrogen) atoms. The molecule has 0 saturated carbocycles. The minimum absolute atomic E-state index is 0. The Bertz CT molecular complexity index is 6660. The Labute approximate surface area is 712 Å². The van der Waals surface area contributed by atoms with Gasteiger partial charge in [-0.1, -0.05) is 239 Å². The molecule has 4 heterocycles. The molecular formula is C108H100N4NiO8. The molecule has 0 aliphatic rings. The molecule has 0 fully saturated rings. The molecule has 0 saturated heterocycles. The minimum Gasteiger partial charge on any atom is -0.656 e. The van der Waals surface area contributed by atoms with Crippen LogP contribution in [-0.4, -0.2) is 9.97 Å². The van der Waals surface area contributed by atoms with Gasteiger partial charge in [-0.15, -0.1) is 22.1 Å². The summed E-state index contributed by atoms with van der Waals surface area (Å²) < 4.78 is 0. The zero-order valence-electron chi connectivity index (χ0n) is 73.5. The summed E-state index contributed by atoms with van der Waals surface area (Å²) >= 11 is 0. The number of hydrogen-bond donors (Lipinski definition) is 0. The van der Waals surface area contributed by atoms with E-state index in [1.807, 2.05) is 0 Å². The third-order valence-electron chi connectivity index (χ3n) is 24.9. The van der Waals surface area contributed by atoms with E-state index in [9.17, 15) is 0 Å². The van der Waals surface area contributed by atoms with Crippen molar-refractivity contribution >= 4 is 130 Å². The van der Waals surface area contributed by atoms with Crippen LogP contribution in [0.5, 0.6) is 0 Å².